The van der Waals surface area contributed by atoms with Crippen molar-refractivity contribution in [1.82, 2.24) is 5.32 Å². The maximum Gasteiger partial charge on any atom is 0.119 e. The second-order valence-corrected chi connectivity index (χ2v) is 5.37. The third kappa shape index (κ3) is 3.40. The van der Waals surface area contributed by atoms with Crippen LogP contribution in [0.5, 0.6) is 5.75 Å². The lowest BCUT2D eigenvalue weighted by Crippen LogP contribution is -2.26. The van der Waals surface area contributed by atoms with Gasteiger partial charge in [0.05, 0.1) is 0 Å². The number of rotatable bonds is 4. The molecule has 1 aliphatic heterocycles. The summed E-state index contributed by atoms with van der Waals surface area (Å²) in [6, 6.07) is 18.9. The summed E-state index contributed by atoms with van der Waals surface area (Å²) in [5, 5.41) is 3.41. The monoisotopic (exact) mass is 267 g/mol. The van der Waals surface area contributed by atoms with Gasteiger partial charge in [-0.2, -0.15) is 0 Å². The van der Waals surface area contributed by atoms with Crippen LogP contribution in [0.2, 0.25) is 0 Å². The molecule has 1 heterocycles. The molecule has 1 saturated heterocycles. The minimum atomic E-state index is 0.635. The Labute approximate surface area is 120 Å². The summed E-state index contributed by atoms with van der Waals surface area (Å²) in [5.74, 6) is 1.65. The number of piperidine rings is 1. The van der Waals surface area contributed by atoms with Gasteiger partial charge in [0.1, 0.15) is 12.4 Å². The lowest BCUT2D eigenvalue weighted by atomic mass is 9.90. The molecular weight excluding hydrogens is 246 g/mol. The van der Waals surface area contributed by atoms with Crippen molar-refractivity contribution < 1.29 is 4.74 Å². The third-order valence-electron chi connectivity index (χ3n) is 3.94. The Bertz CT molecular complexity index is 515. The average molecular weight is 267 g/mol. The van der Waals surface area contributed by atoms with Crippen molar-refractivity contribution in [2.75, 3.05) is 13.1 Å². The molecule has 0 amide bonds. The summed E-state index contributed by atoms with van der Waals surface area (Å²) in [4.78, 5) is 0. The molecular formula is C18H21NO. The number of hydrogen-bond donors (Lipinski definition) is 1. The largest absolute Gasteiger partial charge is 0.489 e. The lowest BCUT2D eigenvalue weighted by molar-refractivity contribution is 0.306. The van der Waals surface area contributed by atoms with Crippen molar-refractivity contribution in [3.8, 4) is 5.75 Å². The summed E-state index contributed by atoms with van der Waals surface area (Å²) in [6.45, 7) is 2.92. The Kier molecular flexibility index (Phi) is 4.34. The number of benzene rings is 2. The summed E-state index contributed by atoms with van der Waals surface area (Å²) in [7, 11) is 0. The zero-order valence-corrected chi connectivity index (χ0v) is 11.7. The van der Waals surface area contributed by atoms with Crippen molar-refractivity contribution in [1.29, 1.82) is 0 Å². The predicted molar refractivity (Wildman–Crippen MR) is 82.1 cm³/mol. The van der Waals surface area contributed by atoms with Gasteiger partial charge in [-0.15, -0.1) is 0 Å². The van der Waals surface area contributed by atoms with E-state index in [1.807, 2.05) is 30.3 Å². The summed E-state index contributed by atoms with van der Waals surface area (Å²) in [6.07, 6.45) is 2.50. The smallest absolute Gasteiger partial charge is 0.119 e. The van der Waals surface area contributed by atoms with Crippen LogP contribution in [-0.4, -0.2) is 13.1 Å². The summed E-state index contributed by atoms with van der Waals surface area (Å²) < 4.78 is 5.77. The quantitative estimate of drug-likeness (QED) is 0.911. The van der Waals surface area contributed by atoms with Crippen LogP contribution in [0.4, 0.5) is 0 Å². The fourth-order valence-electron chi connectivity index (χ4n) is 2.72. The molecule has 20 heavy (non-hydrogen) atoms. The highest BCUT2D eigenvalue weighted by Gasteiger charge is 2.14. The van der Waals surface area contributed by atoms with Crippen LogP contribution in [0.1, 0.15) is 29.9 Å². The number of hydrogen-bond acceptors (Lipinski definition) is 2. The van der Waals surface area contributed by atoms with Gasteiger partial charge in [0.2, 0.25) is 0 Å². The molecule has 0 aromatic heterocycles. The van der Waals surface area contributed by atoms with E-state index in [1.54, 1.807) is 0 Å². The van der Waals surface area contributed by atoms with E-state index in [2.05, 4.69) is 29.6 Å². The van der Waals surface area contributed by atoms with Crippen LogP contribution < -0.4 is 10.1 Å². The minimum Gasteiger partial charge on any atom is -0.489 e. The predicted octanol–water partition coefficient (Wildman–Crippen LogP) is 3.73. The van der Waals surface area contributed by atoms with Gasteiger partial charge in [-0.3, -0.25) is 0 Å². The maximum absolute atomic E-state index is 5.77. The third-order valence-corrected chi connectivity index (χ3v) is 3.94. The van der Waals surface area contributed by atoms with E-state index in [-0.39, 0.29) is 0 Å². The Morgan fingerprint density at radius 3 is 2.30 bits per heavy atom. The Hall–Kier alpha value is -1.80. The van der Waals surface area contributed by atoms with Gasteiger partial charge in [0.25, 0.3) is 0 Å². The van der Waals surface area contributed by atoms with E-state index in [4.69, 9.17) is 4.74 Å². The van der Waals surface area contributed by atoms with E-state index in [1.165, 1.54) is 24.0 Å². The molecule has 0 unspecified atom stereocenters. The van der Waals surface area contributed by atoms with Gasteiger partial charge in [-0.05, 0) is 55.1 Å². The first-order valence-corrected chi connectivity index (χ1v) is 7.39. The summed E-state index contributed by atoms with van der Waals surface area (Å²) in [5.41, 5.74) is 2.70. The maximum atomic E-state index is 5.77. The van der Waals surface area contributed by atoms with Crippen LogP contribution in [-0.2, 0) is 6.61 Å². The van der Waals surface area contributed by atoms with Gasteiger partial charge in [-0.1, -0.05) is 42.5 Å². The Balaban J connectivity index is 1.58. The van der Waals surface area contributed by atoms with Crippen LogP contribution in [0.15, 0.2) is 54.6 Å². The van der Waals surface area contributed by atoms with E-state index < -0.39 is 0 Å². The molecule has 0 atom stereocenters. The Morgan fingerprint density at radius 2 is 1.60 bits per heavy atom. The lowest BCUT2D eigenvalue weighted by Gasteiger charge is -2.23. The van der Waals surface area contributed by atoms with Crippen molar-refractivity contribution in [3.05, 3.63) is 65.7 Å². The average Bonchev–Trinajstić information content (AvgIpc) is 2.55. The van der Waals surface area contributed by atoms with Crippen molar-refractivity contribution in [2.45, 2.75) is 25.4 Å². The van der Waals surface area contributed by atoms with Gasteiger partial charge >= 0.3 is 0 Å². The van der Waals surface area contributed by atoms with E-state index in [0.717, 1.165) is 24.8 Å². The SMILES string of the molecule is c1ccc(OCc2ccc(C3CCNCC3)cc2)cc1. The summed E-state index contributed by atoms with van der Waals surface area (Å²) >= 11 is 0. The number of ether oxygens (including phenoxy) is 1. The van der Waals surface area contributed by atoms with Crippen molar-refractivity contribution in [3.63, 3.8) is 0 Å². The minimum absolute atomic E-state index is 0.635. The highest BCUT2D eigenvalue weighted by Crippen LogP contribution is 2.25. The zero-order valence-electron chi connectivity index (χ0n) is 11.7. The molecule has 0 bridgehead atoms. The Morgan fingerprint density at radius 1 is 0.900 bits per heavy atom. The van der Waals surface area contributed by atoms with Crippen LogP contribution in [0.25, 0.3) is 0 Å². The molecule has 1 N–H and O–H groups in total. The molecule has 3 rings (SSSR count). The van der Waals surface area contributed by atoms with Gasteiger partial charge in [0, 0.05) is 0 Å². The first kappa shape index (κ1) is 13.2. The first-order valence-electron chi connectivity index (χ1n) is 7.39. The highest BCUT2D eigenvalue weighted by molar-refractivity contribution is 5.27. The molecule has 0 spiro atoms. The molecule has 1 fully saturated rings. The van der Waals surface area contributed by atoms with Crippen LogP contribution in [0.3, 0.4) is 0 Å². The number of nitrogens with one attached hydrogen (secondary N) is 1. The molecule has 2 heteroatoms. The molecule has 2 aromatic carbocycles. The van der Waals surface area contributed by atoms with Crippen LogP contribution >= 0.6 is 0 Å². The van der Waals surface area contributed by atoms with E-state index >= 15 is 0 Å². The second-order valence-electron chi connectivity index (χ2n) is 5.37. The normalized spacial score (nSPS) is 16.0. The number of para-hydroxylation sites is 1. The van der Waals surface area contributed by atoms with E-state index in [9.17, 15) is 0 Å². The molecule has 2 nitrogen and oxygen atoms in total. The second kappa shape index (κ2) is 6.58. The van der Waals surface area contributed by atoms with Gasteiger partial charge in [0.15, 0.2) is 0 Å². The molecule has 104 valence electrons. The van der Waals surface area contributed by atoms with Gasteiger partial charge < -0.3 is 10.1 Å². The molecule has 2 aromatic rings. The van der Waals surface area contributed by atoms with Crippen molar-refractivity contribution >= 4 is 0 Å². The molecule has 1 aliphatic rings. The molecule has 0 radical (unpaired) electrons. The molecule has 0 saturated carbocycles. The van der Waals surface area contributed by atoms with Crippen LogP contribution in [0, 0.1) is 0 Å². The topological polar surface area (TPSA) is 21.3 Å². The fraction of sp³-hybridized carbons (Fsp3) is 0.333. The standard InChI is InChI=1S/C18H21NO/c1-2-4-18(5-3-1)20-14-15-6-8-16(9-7-15)17-10-12-19-13-11-17/h1-9,17,19H,10-14H2. The van der Waals surface area contributed by atoms with Crippen molar-refractivity contribution in [2.24, 2.45) is 0 Å². The highest BCUT2D eigenvalue weighted by atomic mass is 16.5. The fourth-order valence-corrected chi connectivity index (χ4v) is 2.72. The van der Waals surface area contributed by atoms with E-state index in [0.29, 0.717) is 6.61 Å². The first-order chi connectivity index (χ1) is 9.92. The molecule has 0 aliphatic carbocycles. The zero-order chi connectivity index (χ0) is 13.6. The van der Waals surface area contributed by atoms with Gasteiger partial charge in [-0.25, -0.2) is 0 Å².